The molecule has 1 aromatic heterocycles. The number of H-pyrrole nitrogens is 1. The van der Waals surface area contributed by atoms with E-state index in [-0.39, 0.29) is 29.9 Å². The molecular formula is C11H14IN5. The molecule has 1 heterocycles. The van der Waals surface area contributed by atoms with Crippen molar-refractivity contribution in [3.05, 3.63) is 42.4 Å². The fourth-order valence-electron chi connectivity index (χ4n) is 1.37. The monoisotopic (exact) mass is 343 g/mol. The molecule has 0 aliphatic heterocycles. The van der Waals surface area contributed by atoms with Gasteiger partial charge >= 0.3 is 0 Å². The highest BCUT2D eigenvalue weighted by Gasteiger charge is 2.01. The number of guanidine groups is 1. The Morgan fingerprint density at radius 3 is 2.59 bits per heavy atom. The SMILES string of the molecule is I.NC(N)=NCc1ncc(-c2ccccc2)[nH]1. The van der Waals surface area contributed by atoms with Crippen molar-refractivity contribution in [3.8, 4) is 11.3 Å². The molecule has 0 saturated heterocycles. The zero-order valence-corrected chi connectivity index (χ0v) is 11.5. The number of nitrogens with one attached hydrogen (secondary N) is 1. The van der Waals surface area contributed by atoms with Crippen LogP contribution in [0.2, 0.25) is 0 Å². The summed E-state index contributed by atoms with van der Waals surface area (Å²) < 4.78 is 0. The Kier molecular flexibility index (Phi) is 4.95. The fourth-order valence-corrected chi connectivity index (χ4v) is 1.37. The van der Waals surface area contributed by atoms with Crippen LogP contribution in [0.4, 0.5) is 0 Å². The number of rotatable bonds is 3. The third-order valence-electron chi connectivity index (χ3n) is 2.12. The second-order valence-corrected chi connectivity index (χ2v) is 3.35. The van der Waals surface area contributed by atoms with Crippen LogP contribution in [0.1, 0.15) is 5.82 Å². The zero-order valence-electron chi connectivity index (χ0n) is 9.13. The van der Waals surface area contributed by atoms with Gasteiger partial charge in [0.1, 0.15) is 12.4 Å². The molecule has 6 heteroatoms. The van der Waals surface area contributed by atoms with E-state index in [1.165, 1.54) is 0 Å². The Balaban J connectivity index is 0.00000144. The first kappa shape index (κ1) is 13.5. The van der Waals surface area contributed by atoms with Crippen molar-refractivity contribution in [1.82, 2.24) is 9.97 Å². The van der Waals surface area contributed by atoms with Crippen LogP contribution in [0.5, 0.6) is 0 Å². The van der Waals surface area contributed by atoms with Crippen molar-refractivity contribution in [2.24, 2.45) is 16.5 Å². The van der Waals surface area contributed by atoms with E-state index in [0.29, 0.717) is 6.54 Å². The molecule has 0 spiro atoms. The summed E-state index contributed by atoms with van der Waals surface area (Å²) in [5.41, 5.74) is 12.5. The van der Waals surface area contributed by atoms with Crippen LogP contribution in [-0.2, 0) is 6.54 Å². The predicted octanol–water partition coefficient (Wildman–Crippen LogP) is 1.47. The number of halogens is 1. The van der Waals surface area contributed by atoms with Crippen molar-refractivity contribution >= 4 is 29.9 Å². The van der Waals surface area contributed by atoms with Crippen molar-refractivity contribution in [3.63, 3.8) is 0 Å². The molecule has 5 N–H and O–H groups in total. The summed E-state index contributed by atoms with van der Waals surface area (Å²) in [4.78, 5) is 11.2. The van der Waals surface area contributed by atoms with Gasteiger partial charge in [0.25, 0.3) is 0 Å². The molecule has 1 aromatic carbocycles. The normalized spacial score (nSPS) is 9.41. The average Bonchev–Trinajstić information content (AvgIpc) is 2.76. The summed E-state index contributed by atoms with van der Waals surface area (Å²) in [5.74, 6) is 0.810. The van der Waals surface area contributed by atoms with E-state index in [1.54, 1.807) is 6.20 Å². The van der Waals surface area contributed by atoms with Gasteiger partial charge in [0.2, 0.25) is 0 Å². The maximum absolute atomic E-state index is 5.24. The molecule has 0 aliphatic carbocycles. The molecule has 5 nitrogen and oxygen atoms in total. The van der Waals surface area contributed by atoms with Gasteiger partial charge in [0.15, 0.2) is 5.96 Å². The Hall–Kier alpha value is -1.57. The van der Waals surface area contributed by atoms with E-state index >= 15 is 0 Å². The van der Waals surface area contributed by atoms with Crippen LogP contribution in [-0.4, -0.2) is 15.9 Å². The second-order valence-electron chi connectivity index (χ2n) is 3.35. The van der Waals surface area contributed by atoms with E-state index in [1.807, 2.05) is 30.3 Å². The highest BCUT2D eigenvalue weighted by atomic mass is 127. The topological polar surface area (TPSA) is 93.1 Å². The van der Waals surface area contributed by atoms with E-state index in [9.17, 15) is 0 Å². The minimum atomic E-state index is 0. The number of aromatic amines is 1. The number of imidazole rings is 1. The first-order valence-electron chi connectivity index (χ1n) is 4.90. The summed E-state index contributed by atoms with van der Waals surface area (Å²) >= 11 is 0. The van der Waals surface area contributed by atoms with Crippen LogP contribution in [0, 0.1) is 0 Å². The van der Waals surface area contributed by atoms with Gasteiger partial charge in [-0.15, -0.1) is 24.0 Å². The largest absolute Gasteiger partial charge is 0.370 e. The Bertz CT molecular complexity index is 488. The Labute approximate surface area is 116 Å². The molecule has 0 aliphatic rings. The van der Waals surface area contributed by atoms with Crippen molar-refractivity contribution < 1.29 is 0 Å². The van der Waals surface area contributed by atoms with Gasteiger partial charge in [-0.1, -0.05) is 30.3 Å². The maximum Gasteiger partial charge on any atom is 0.186 e. The highest BCUT2D eigenvalue weighted by molar-refractivity contribution is 14.0. The zero-order chi connectivity index (χ0) is 11.4. The summed E-state index contributed by atoms with van der Waals surface area (Å²) in [6.07, 6.45) is 1.77. The van der Waals surface area contributed by atoms with Crippen LogP contribution in [0.3, 0.4) is 0 Å². The lowest BCUT2D eigenvalue weighted by molar-refractivity contribution is 0.944. The van der Waals surface area contributed by atoms with Gasteiger partial charge in [-0.3, -0.25) is 0 Å². The quantitative estimate of drug-likeness (QED) is 0.448. The van der Waals surface area contributed by atoms with Crippen LogP contribution >= 0.6 is 24.0 Å². The van der Waals surface area contributed by atoms with Crippen molar-refractivity contribution in [2.45, 2.75) is 6.54 Å². The van der Waals surface area contributed by atoms with Crippen LogP contribution in [0.25, 0.3) is 11.3 Å². The smallest absolute Gasteiger partial charge is 0.186 e. The molecule has 0 saturated carbocycles. The number of benzene rings is 1. The standard InChI is InChI=1S/C11H13N5.HI/c12-11(13)15-7-10-14-6-9(16-10)8-4-2-1-3-5-8;/h1-6H,7H2,(H,14,16)(H4,12,13,15);1H. The molecule has 0 amide bonds. The predicted molar refractivity (Wildman–Crippen MR) is 79.0 cm³/mol. The molecular weight excluding hydrogens is 329 g/mol. The number of hydrogen-bond acceptors (Lipinski definition) is 2. The van der Waals surface area contributed by atoms with Gasteiger partial charge in [-0.25, -0.2) is 9.98 Å². The maximum atomic E-state index is 5.24. The lowest BCUT2D eigenvalue weighted by atomic mass is 10.2. The molecule has 90 valence electrons. The van der Waals surface area contributed by atoms with Crippen LogP contribution < -0.4 is 11.5 Å². The summed E-state index contributed by atoms with van der Waals surface area (Å²) in [5, 5.41) is 0. The number of hydrogen-bond donors (Lipinski definition) is 3. The summed E-state index contributed by atoms with van der Waals surface area (Å²) in [6.45, 7) is 0.370. The van der Waals surface area contributed by atoms with Crippen molar-refractivity contribution in [2.75, 3.05) is 0 Å². The fraction of sp³-hybridized carbons (Fsp3) is 0.0909. The first-order valence-corrected chi connectivity index (χ1v) is 4.90. The van der Waals surface area contributed by atoms with Gasteiger partial charge in [-0.2, -0.15) is 0 Å². The van der Waals surface area contributed by atoms with Crippen molar-refractivity contribution in [1.29, 1.82) is 0 Å². The Morgan fingerprint density at radius 1 is 1.24 bits per heavy atom. The molecule has 0 radical (unpaired) electrons. The number of nitrogens with two attached hydrogens (primary N) is 2. The summed E-state index contributed by atoms with van der Waals surface area (Å²) in [6, 6.07) is 9.95. The molecule has 17 heavy (non-hydrogen) atoms. The highest BCUT2D eigenvalue weighted by Crippen LogP contribution is 2.16. The Morgan fingerprint density at radius 2 is 1.94 bits per heavy atom. The average molecular weight is 343 g/mol. The van der Waals surface area contributed by atoms with E-state index < -0.39 is 0 Å². The molecule has 2 aromatic rings. The minimum absolute atomic E-state index is 0. The number of aliphatic imine (C=N–C) groups is 1. The van der Waals surface area contributed by atoms with Crippen LogP contribution in [0.15, 0.2) is 41.5 Å². The first-order chi connectivity index (χ1) is 7.75. The minimum Gasteiger partial charge on any atom is -0.370 e. The lowest BCUT2D eigenvalue weighted by Crippen LogP contribution is -2.22. The van der Waals surface area contributed by atoms with E-state index in [0.717, 1.165) is 17.1 Å². The number of nitrogens with zero attached hydrogens (tertiary/aromatic N) is 2. The molecule has 0 fully saturated rings. The number of aromatic nitrogens is 2. The van der Waals surface area contributed by atoms with Gasteiger partial charge < -0.3 is 16.5 Å². The second kappa shape index (κ2) is 6.24. The molecule has 2 rings (SSSR count). The summed E-state index contributed by atoms with van der Waals surface area (Å²) in [7, 11) is 0. The van der Waals surface area contributed by atoms with Gasteiger partial charge in [-0.05, 0) is 5.56 Å². The molecule has 0 unspecified atom stereocenters. The van der Waals surface area contributed by atoms with E-state index in [2.05, 4.69) is 15.0 Å². The molecule has 0 bridgehead atoms. The third-order valence-corrected chi connectivity index (χ3v) is 2.12. The third kappa shape index (κ3) is 3.74. The van der Waals surface area contributed by atoms with Gasteiger partial charge in [0, 0.05) is 0 Å². The lowest BCUT2D eigenvalue weighted by Gasteiger charge is -1.95. The van der Waals surface area contributed by atoms with E-state index in [4.69, 9.17) is 11.5 Å². The van der Waals surface area contributed by atoms with Gasteiger partial charge in [0.05, 0.1) is 11.9 Å². The molecule has 0 atom stereocenters.